The van der Waals surface area contributed by atoms with Crippen LogP contribution in [0.25, 0.3) is 0 Å². The van der Waals surface area contributed by atoms with Crippen LogP contribution in [0.4, 0.5) is 0 Å². The molecule has 0 aromatic heterocycles. The van der Waals surface area contributed by atoms with Crippen LogP contribution < -0.4 is 71.2 Å². The zero-order valence-corrected chi connectivity index (χ0v) is 36.5. The van der Waals surface area contributed by atoms with Crippen LogP contribution in [0.15, 0.2) is 30.3 Å². The first-order valence-electron chi connectivity index (χ1n) is 21.4. The van der Waals surface area contributed by atoms with Gasteiger partial charge < -0.3 is 71.2 Å². The Balaban J connectivity index is 2.70. The van der Waals surface area contributed by atoms with Gasteiger partial charge in [-0.3, -0.25) is 38.4 Å². The second-order valence-electron chi connectivity index (χ2n) is 16.4. The van der Waals surface area contributed by atoms with Crippen LogP contribution in [0.1, 0.15) is 78.2 Å². The van der Waals surface area contributed by atoms with Gasteiger partial charge in [0, 0.05) is 13.0 Å². The highest BCUT2D eigenvalue weighted by Gasteiger charge is 2.35. The number of nitrogens with two attached hydrogens (primary N) is 5. The van der Waals surface area contributed by atoms with Gasteiger partial charge in [0.15, 0.2) is 0 Å². The van der Waals surface area contributed by atoms with Crippen molar-refractivity contribution in [3.8, 4) is 0 Å². The van der Waals surface area contributed by atoms with Crippen LogP contribution in [-0.2, 0) is 44.8 Å². The molecule has 0 bridgehead atoms. The van der Waals surface area contributed by atoms with Crippen LogP contribution in [0.3, 0.4) is 0 Å². The van der Waals surface area contributed by atoms with Crippen molar-refractivity contribution in [1.82, 2.24) is 42.5 Å². The maximum absolute atomic E-state index is 14.2. The summed E-state index contributed by atoms with van der Waals surface area (Å²) in [6.45, 7) is 7.16. The van der Waals surface area contributed by atoms with Gasteiger partial charge in [-0.25, -0.2) is 0 Å². The van der Waals surface area contributed by atoms with Gasteiger partial charge in [-0.15, -0.1) is 0 Å². The Hall–Kier alpha value is -5.22. The van der Waals surface area contributed by atoms with Gasteiger partial charge >= 0.3 is 0 Å². The van der Waals surface area contributed by atoms with Crippen molar-refractivity contribution in [2.24, 2.45) is 40.5 Å². The SMILES string of the molecule is CC(C)CC1NC(=O)C(CCN)NC(=O)C(CCN)NC(=O)C(CC(C)C)NC(=O)C(Cc2ccccc2)NC(=O)C(CCN)NC(=O)C(NC(=O)C(N)CCN)CCNC1=O. The monoisotopic (exact) mass is 874 g/mol. The van der Waals surface area contributed by atoms with Crippen molar-refractivity contribution in [3.05, 3.63) is 35.9 Å². The van der Waals surface area contributed by atoms with E-state index in [0.29, 0.717) is 5.56 Å². The molecule has 348 valence electrons. The Bertz CT molecular complexity index is 1630. The Morgan fingerprint density at radius 2 is 0.984 bits per heavy atom. The maximum atomic E-state index is 14.2. The third kappa shape index (κ3) is 18.4. The standard InChI is InChI=1S/C41H71N13O8/c1-23(2)20-31-35(56)47-19-14-30(48-34(55)26(46)10-15-42)39(60)50-29(13-18-45)38(59)54-33(22-25-8-6-5-7-9-25)41(62)53-32(21-24(3)4)40(61)51-27(11-16-43)36(57)49-28(12-17-44)37(58)52-31/h5-9,23-24,26-33H,10-22,42-46H2,1-4H3,(H,47,56)(H,48,55)(H,49,57)(H,50,60)(H,51,61)(H,52,58)(H,53,62)(H,54,59). The van der Waals surface area contributed by atoms with E-state index in [9.17, 15) is 38.4 Å². The maximum Gasteiger partial charge on any atom is 0.243 e. The Morgan fingerprint density at radius 3 is 1.44 bits per heavy atom. The van der Waals surface area contributed by atoms with Crippen molar-refractivity contribution in [1.29, 1.82) is 0 Å². The summed E-state index contributed by atoms with van der Waals surface area (Å²) in [6.07, 6.45) is 0.0975. The highest BCUT2D eigenvalue weighted by Crippen LogP contribution is 2.11. The van der Waals surface area contributed by atoms with E-state index >= 15 is 0 Å². The summed E-state index contributed by atoms with van der Waals surface area (Å²) in [5.41, 5.74) is 29.8. The fourth-order valence-electron chi connectivity index (χ4n) is 6.73. The molecule has 21 heteroatoms. The Kier molecular flexibility index (Phi) is 23.6. The lowest BCUT2D eigenvalue weighted by Crippen LogP contribution is -2.60. The minimum atomic E-state index is -1.33. The molecule has 1 aliphatic rings. The van der Waals surface area contributed by atoms with E-state index in [-0.39, 0.29) is 95.9 Å². The van der Waals surface area contributed by atoms with Crippen LogP contribution in [0, 0.1) is 11.8 Å². The minimum absolute atomic E-state index is 0.0181. The number of rotatable bonds is 16. The molecule has 0 saturated carbocycles. The number of nitrogens with one attached hydrogen (secondary N) is 8. The Morgan fingerprint density at radius 1 is 0.581 bits per heavy atom. The number of hydrogen-bond acceptors (Lipinski definition) is 13. The highest BCUT2D eigenvalue weighted by atomic mass is 16.2. The van der Waals surface area contributed by atoms with Gasteiger partial charge in [0.1, 0.15) is 42.3 Å². The average Bonchev–Trinajstić information content (AvgIpc) is 3.21. The molecule has 18 N–H and O–H groups in total. The predicted octanol–water partition coefficient (Wildman–Crippen LogP) is -4.04. The summed E-state index contributed by atoms with van der Waals surface area (Å²) in [4.78, 5) is 110. The van der Waals surface area contributed by atoms with Crippen molar-refractivity contribution in [2.75, 3.05) is 32.7 Å². The average molecular weight is 874 g/mol. The molecule has 62 heavy (non-hydrogen) atoms. The quantitative estimate of drug-likeness (QED) is 0.0754. The second kappa shape index (κ2) is 27.7. The van der Waals surface area contributed by atoms with Crippen LogP contribution >= 0.6 is 0 Å². The molecule has 0 aliphatic carbocycles. The van der Waals surface area contributed by atoms with Crippen molar-refractivity contribution in [3.63, 3.8) is 0 Å². The van der Waals surface area contributed by atoms with Gasteiger partial charge in [0.25, 0.3) is 0 Å². The van der Waals surface area contributed by atoms with Crippen molar-refractivity contribution >= 4 is 47.3 Å². The summed E-state index contributed by atoms with van der Waals surface area (Å²) in [5.74, 6) is -6.02. The van der Waals surface area contributed by atoms with Crippen molar-refractivity contribution < 1.29 is 38.4 Å². The molecule has 21 nitrogen and oxygen atoms in total. The molecule has 1 aromatic carbocycles. The molecule has 2 rings (SSSR count). The number of benzene rings is 1. The second-order valence-corrected chi connectivity index (χ2v) is 16.4. The molecule has 0 radical (unpaired) electrons. The number of hydrogen-bond donors (Lipinski definition) is 13. The zero-order valence-electron chi connectivity index (χ0n) is 36.5. The van der Waals surface area contributed by atoms with Gasteiger partial charge in [-0.05, 0) is 88.5 Å². The fourth-order valence-corrected chi connectivity index (χ4v) is 6.73. The molecule has 8 atom stereocenters. The van der Waals surface area contributed by atoms with E-state index in [4.69, 9.17) is 28.7 Å². The molecule has 1 saturated heterocycles. The third-order valence-corrected chi connectivity index (χ3v) is 10.0. The van der Waals surface area contributed by atoms with Gasteiger partial charge in [-0.1, -0.05) is 58.0 Å². The molecular formula is C41H71N13O8. The molecular weight excluding hydrogens is 803 g/mol. The van der Waals surface area contributed by atoms with Gasteiger partial charge in [-0.2, -0.15) is 0 Å². The third-order valence-electron chi connectivity index (χ3n) is 10.0. The molecule has 1 heterocycles. The first kappa shape index (κ1) is 52.9. The van der Waals surface area contributed by atoms with Crippen molar-refractivity contribution in [2.45, 2.75) is 127 Å². The lowest BCUT2D eigenvalue weighted by atomic mass is 10.00. The molecule has 8 amide bonds. The first-order valence-corrected chi connectivity index (χ1v) is 21.4. The summed E-state index contributed by atoms with van der Waals surface area (Å²) >= 11 is 0. The van der Waals surface area contributed by atoms with E-state index in [1.165, 1.54) is 0 Å². The molecule has 0 spiro atoms. The van der Waals surface area contributed by atoms with Gasteiger partial charge in [0.2, 0.25) is 47.3 Å². The van der Waals surface area contributed by atoms with E-state index in [2.05, 4.69) is 42.5 Å². The summed E-state index contributed by atoms with van der Waals surface area (Å²) < 4.78 is 0. The summed E-state index contributed by atoms with van der Waals surface area (Å²) in [7, 11) is 0. The van der Waals surface area contributed by atoms with E-state index in [1.54, 1.807) is 30.3 Å². The predicted molar refractivity (Wildman–Crippen MR) is 233 cm³/mol. The smallest absolute Gasteiger partial charge is 0.243 e. The molecule has 1 aliphatic heterocycles. The van der Waals surface area contributed by atoms with Gasteiger partial charge in [0.05, 0.1) is 6.04 Å². The molecule has 8 unspecified atom stereocenters. The van der Waals surface area contributed by atoms with E-state index in [1.807, 2.05) is 27.7 Å². The topological polar surface area (TPSA) is 363 Å². The Labute approximate surface area is 364 Å². The normalized spacial score (nSPS) is 24.8. The fraction of sp³-hybridized carbons (Fsp3) is 0.659. The number of carbonyl (C=O) groups is 8. The summed E-state index contributed by atoms with van der Waals surface area (Å²) in [6, 6.07) is -0.921. The van der Waals surface area contributed by atoms with Crippen LogP contribution in [-0.4, -0.2) is 128 Å². The lowest BCUT2D eigenvalue weighted by molar-refractivity contribution is -0.136. The zero-order chi connectivity index (χ0) is 46.4. The van der Waals surface area contributed by atoms with E-state index in [0.717, 1.165) is 0 Å². The van der Waals surface area contributed by atoms with E-state index < -0.39 is 95.6 Å². The van der Waals surface area contributed by atoms with Crippen LogP contribution in [0.2, 0.25) is 0 Å². The molecule has 1 fully saturated rings. The lowest BCUT2D eigenvalue weighted by Gasteiger charge is -2.28. The van der Waals surface area contributed by atoms with Crippen LogP contribution in [0.5, 0.6) is 0 Å². The number of amides is 8. The number of carbonyl (C=O) groups excluding carboxylic acids is 8. The largest absolute Gasteiger partial charge is 0.354 e. The highest BCUT2D eigenvalue weighted by molar-refractivity contribution is 5.98. The minimum Gasteiger partial charge on any atom is -0.354 e. The first-order chi connectivity index (χ1) is 29.4. The molecule has 1 aromatic rings. The summed E-state index contributed by atoms with van der Waals surface area (Å²) in [5, 5.41) is 21.4.